The molecule has 72 valence electrons. The van der Waals surface area contributed by atoms with Crippen molar-refractivity contribution in [2.45, 2.75) is 51.7 Å². The summed E-state index contributed by atoms with van der Waals surface area (Å²) in [6.45, 7) is 4.61. The number of hydrogen-bond donors (Lipinski definition) is 1. The smallest absolute Gasteiger partial charge is 0.0553 e. The van der Waals surface area contributed by atoms with Crippen LogP contribution < -0.4 is 0 Å². The molecule has 0 amide bonds. The van der Waals surface area contributed by atoms with E-state index in [1.807, 2.05) is 0 Å². The van der Waals surface area contributed by atoms with E-state index in [9.17, 15) is 0 Å². The third kappa shape index (κ3) is 3.11. The predicted molar refractivity (Wildman–Crippen MR) is 49.1 cm³/mol. The van der Waals surface area contributed by atoms with E-state index >= 15 is 0 Å². The molecule has 3 atom stereocenters. The van der Waals surface area contributed by atoms with Crippen molar-refractivity contribution in [3.8, 4) is 0 Å². The molecule has 1 aliphatic rings. The van der Waals surface area contributed by atoms with Crippen molar-refractivity contribution < 1.29 is 9.84 Å². The molecule has 1 saturated heterocycles. The SMILES string of the molecule is C[C@@H]1CC(CCCO)C[C@H](C)O1. The van der Waals surface area contributed by atoms with Gasteiger partial charge in [-0.25, -0.2) is 0 Å². The Labute approximate surface area is 74.9 Å². The first-order chi connectivity index (χ1) is 5.72. The van der Waals surface area contributed by atoms with Gasteiger partial charge in [0.25, 0.3) is 0 Å². The maximum atomic E-state index is 8.70. The fourth-order valence-corrected chi connectivity index (χ4v) is 2.16. The number of hydrogen-bond acceptors (Lipinski definition) is 2. The molecule has 0 aromatic carbocycles. The first-order valence-corrected chi connectivity index (χ1v) is 4.98. The second-order valence-electron chi connectivity index (χ2n) is 3.96. The van der Waals surface area contributed by atoms with Crippen LogP contribution in [0.4, 0.5) is 0 Å². The molecule has 0 radical (unpaired) electrons. The van der Waals surface area contributed by atoms with Gasteiger partial charge >= 0.3 is 0 Å². The minimum atomic E-state index is 0.333. The first-order valence-electron chi connectivity index (χ1n) is 4.98. The van der Waals surface area contributed by atoms with Crippen LogP contribution in [0.3, 0.4) is 0 Å². The fraction of sp³-hybridized carbons (Fsp3) is 1.00. The fourth-order valence-electron chi connectivity index (χ4n) is 2.16. The lowest BCUT2D eigenvalue weighted by Crippen LogP contribution is -2.29. The van der Waals surface area contributed by atoms with E-state index in [1.165, 1.54) is 12.8 Å². The Balaban J connectivity index is 2.24. The van der Waals surface area contributed by atoms with Gasteiger partial charge in [0.05, 0.1) is 12.2 Å². The average molecular weight is 172 g/mol. The zero-order chi connectivity index (χ0) is 8.97. The number of aliphatic hydroxyl groups excluding tert-OH is 1. The predicted octanol–water partition coefficient (Wildman–Crippen LogP) is 1.96. The van der Waals surface area contributed by atoms with E-state index in [0.717, 1.165) is 18.8 Å². The quantitative estimate of drug-likeness (QED) is 0.705. The maximum absolute atomic E-state index is 8.70. The Morgan fingerprint density at radius 3 is 2.33 bits per heavy atom. The van der Waals surface area contributed by atoms with Crippen molar-refractivity contribution in [3.63, 3.8) is 0 Å². The highest BCUT2D eigenvalue weighted by Crippen LogP contribution is 2.27. The zero-order valence-electron chi connectivity index (χ0n) is 8.12. The lowest BCUT2D eigenvalue weighted by molar-refractivity contribution is -0.0541. The van der Waals surface area contributed by atoms with Crippen molar-refractivity contribution in [2.75, 3.05) is 6.61 Å². The standard InChI is InChI=1S/C10H20O2/c1-8-6-10(4-3-5-11)7-9(2)12-8/h8-11H,3-7H2,1-2H3/t8-,9+,10?. The summed E-state index contributed by atoms with van der Waals surface area (Å²) in [5.74, 6) is 0.774. The Hall–Kier alpha value is -0.0800. The average Bonchev–Trinajstić information content (AvgIpc) is 1.99. The Kier molecular flexibility index (Phi) is 4.02. The van der Waals surface area contributed by atoms with E-state index in [2.05, 4.69) is 13.8 Å². The minimum absolute atomic E-state index is 0.333. The monoisotopic (exact) mass is 172 g/mol. The summed E-state index contributed by atoms with van der Waals surface area (Å²) in [5.41, 5.74) is 0. The molecule has 1 unspecified atom stereocenters. The lowest BCUT2D eigenvalue weighted by Gasteiger charge is -2.31. The third-order valence-electron chi connectivity index (χ3n) is 2.57. The van der Waals surface area contributed by atoms with Crippen LogP contribution in [0.2, 0.25) is 0 Å². The molecule has 12 heavy (non-hydrogen) atoms. The van der Waals surface area contributed by atoms with E-state index in [4.69, 9.17) is 9.84 Å². The molecular formula is C10H20O2. The van der Waals surface area contributed by atoms with Crippen molar-refractivity contribution in [2.24, 2.45) is 5.92 Å². The highest BCUT2D eigenvalue weighted by molar-refractivity contribution is 4.73. The van der Waals surface area contributed by atoms with Crippen LogP contribution in [0.5, 0.6) is 0 Å². The van der Waals surface area contributed by atoms with Gasteiger partial charge in [-0.05, 0) is 45.4 Å². The van der Waals surface area contributed by atoms with Gasteiger partial charge in [-0.3, -0.25) is 0 Å². The van der Waals surface area contributed by atoms with Crippen LogP contribution in [0, 0.1) is 5.92 Å². The highest BCUT2D eigenvalue weighted by Gasteiger charge is 2.23. The molecule has 0 aromatic heterocycles. The van der Waals surface area contributed by atoms with Gasteiger partial charge in [0.15, 0.2) is 0 Å². The number of ether oxygens (including phenoxy) is 1. The highest BCUT2D eigenvalue weighted by atomic mass is 16.5. The maximum Gasteiger partial charge on any atom is 0.0553 e. The largest absolute Gasteiger partial charge is 0.396 e. The van der Waals surface area contributed by atoms with Crippen molar-refractivity contribution >= 4 is 0 Å². The summed E-state index contributed by atoms with van der Waals surface area (Å²) < 4.78 is 5.63. The van der Waals surface area contributed by atoms with E-state index in [1.54, 1.807) is 0 Å². The summed E-state index contributed by atoms with van der Waals surface area (Å²) in [7, 11) is 0. The van der Waals surface area contributed by atoms with Gasteiger partial charge in [-0.1, -0.05) is 0 Å². The number of aliphatic hydroxyl groups is 1. The molecular weight excluding hydrogens is 152 g/mol. The van der Waals surface area contributed by atoms with Crippen LogP contribution in [0.15, 0.2) is 0 Å². The van der Waals surface area contributed by atoms with Gasteiger partial charge in [0.1, 0.15) is 0 Å². The van der Waals surface area contributed by atoms with E-state index in [0.29, 0.717) is 18.8 Å². The van der Waals surface area contributed by atoms with Gasteiger partial charge in [0, 0.05) is 6.61 Å². The van der Waals surface area contributed by atoms with E-state index < -0.39 is 0 Å². The normalized spacial score (nSPS) is 36.8. The van der Waals surface area contributed by atoms with Crippen molar-refractivity contribution in [1.82, 2.24) is 0 Å². The van der Waals surface area contributed by atoms with Crippen LogP contribution in [-0.4, -0.2) is 23.9 Å². The zero-order valence-corrected chi connectivity index (χ0v) is 8.12. The minimum Gasteiger partial charge on any atom is -0.396 e. The van der Waals surface area contributed by atoms with Crippen LogP contribution >= 0.6 is 0 Å². The molecule has 1 rings (SSSR count). The second kappa shape index (κ2) is 4.83. The Morgan fingerprint density at radius 2 is 1.83 bits per heavy atom. The summed E-state index contributed by atoms with van der Waals surface area (Å²) >= 11 is 0. The number of rotatable bonds is 3. The molecule has 0 aliphatic carbocycles. The van der Waals surface area contributed by atoms with Gasteiger partial charge in [0.2, 0.25) is 0 Å². The Bertz CT molecular complexity index is 115. The summed E-state index contributed by atoms with van der Waals surface area (Å²) in [5, 5.41) is 8.70. The van der Waals surface area contributed by atoms with Gasteiger partial charge in [-0.15, -0.1) is 0 Å². The molecule has 0 saturated carbocycles. The Morgan fingerprint density at radius 1 is 1.25 bits per heavy atom. The third-order valence-corrected chi connectivity index (χ3v) is 2.57. The first kappa shape index (κ1) is 10.0. The molecule has 1 heterocycles. The molecule has 1 N–H and O–H groups in total. The summed E-state index contributed by atoms with van der Waals surface area (Å²) in [6.07, 6.45) is 5.28. The molecule has 0 spiro atoms. The van der Waals surface area contributed by atoms with Crippen LogP contribution in [-0.2, 0) is 4.74 Å². The molecule has 2 nitrogen and oxygen atoms in total. The summed E-state index contributed by atoms with van der Waals surface area (Å²) in [4.78, 5) is 0. The van der Waals surface area contributed by atoms with Crippen LogP contribution in [0.25, 0.3) is 0 Å². The van der Waals surface area contributed by atoms with Crippen molar-refractivity contribution in [1.29, 1.82) is 0 Å². The molecule has 0 aromatic rings. The lowest BCUT2D eigenvalue weighted by atomic mass is 9.89. The van der Waals surface area contributed by atoms with Crippen LogP contribution in [0.1, 0.15) is 39.5 Å². The molecule has 0 bridgehead atoms. The topological polar surface area (TPSA) is 29.5 Å². The van der Waals surface area contributed by atoms with Gasteiger partial charge < -0.3 is 9.84 Å². The molecule has 1 aliphatic heterocycles. The van der Waals surface area contributed by atoms with Gasteiger partial charge in [-0.2, -0.15) is 0 Å². The second-order valence-corrected chi connectivity index (χ2v) is 3.96. The summed E-state index contributed by atoms with van der Waals surface area (Å²) in [6, 6.07) is 0. The molecule has 1 fully saturated rings. The van der Waals surface area contributed by atoms with Crippen molar-refractivity contribution in [3.05, 3.63) is 0 Å². The molecule has 2 heteroatoms. The van der Waals surface area contributed by atoms with E-state index in [-0.39, 0.29) is 0 Å².